The monoisotopic (exact) mass is 330 g/mol. The smallest absolute Gasteiger partial charge is 0.307 e. The Morgan fingerprint density at radius 3 is 2.54 bits per heavy atom. The third-order valence-electron chi connectivity index (χ3n) is 4.15. The number of aromatic nitrogens is 4. The summed E-state index contributed by atoms with van der Waals surface area (Å²) in [6.45, 7) is 6.84. The number of nitrogens with zero attached hydrogens (tertiary/aromatic N) is 4. The van der Waals surface area contributed by atoms with Crippen LogP contribution in [-0.4, -0.2) is 31.3 Å². The molecule has 1 heterocycles. The van der Waals surface area contributed by atoms with Crippen molar-refractivity contribution in [2.45, 2.75) is 52.5 Å². The maximum Gasteiger partial charge on any atom is 0.307 e. The van der Waals surface area contributed by atoms with E-state index in [9.17, 15) is 9.90 Å². The number of tetrazole rings is 1. The van der Waals surface area contributed by atoms with Crippen LogP contribution in [0.25, 0.3) is 0 Å². The van der Waals surface area contributed by atoms with E-state index in [0.29, 0.717) is 31.1 Å². The first kappa shape index (κ1) is 18.1. The third kappa shape index (κ3) is 4.63. The molecule has 0 aliphatic heterocycles. The normalized spacial score (nSPS) is 13.8. The van der Waals surface area contributed by atoms with Gasteiger partial charge in [0.25, 0.3) is 0 Å². The van der Waals surface area contributed by atoms with Gasteiger partial charge in [-0.05, 0) is 41.2 Å². The first-order valence-corrected chi connectivity index (χ1v) is 8.55. The molecule has 0 bridgehead atoms. The first-order chi connectivity index (χ1) is 11.5. The minimum atomic E-state index is -0.782. The lowest BCUT2D eigenvalue weighted by atomic mass is 9.81. The van der Waals surface area contributed by atoms with Crippen LogP contribution < -0.4 is 0 Å². The van der Waals surface area contributed by atoms with E-state index >= 15 is 0 Å². The van der Waals surface area contributed by atoms with Crippen molar-refractivity contribution in [2.75, 3.05) is 0 Å². The van der Waals surface area contributed by atoms with E-state index in [1.807, 2.05) is 44.2 Å². The fourth-order valence-corrected chi connectivity index (χ4v) is 3.07. The zero-order valence-electron chi connectivity index (χ0n) is 14.6. The second kappa shape index (κ2) is 8.57. The predicted molar refractivity (Wildman–Crippen MR) is 91.6 cm³/mol. The van der Waals surface area contributed by atoms with Gasteiger partial charge < -0.3 is 5.11 Å². The molecular weight excluding hydrogens is 304 g/mol. The topological polar surface area (TPSA) is 80.9 Å². The van der Waals surface area contributed by atoms with Crippen LogP contribution in [0.15, 0.2) is 30.3 Å². The molecule has 6 nitrogen and oxygen atoms in total. The highest BCUT2D eigenvalue weighted by atomic mass is 16.4. The number of aliphatic carboxylic acids is 1. The van der Waals surface area contributed by atoms with Gasteiger partial charge in [0.1, 0.15) is 0 Å². The van der Waals surface area contributed by atoms with Crippen LogP contribution in [0.4, 0.5) is 0 Å². The summed E-state index contributed by atoms with van der Waals surface area (Å²) in [5, 5.41) is 21.8. The average molecular weight is 330 g/mol. The number of benzene rings is 1. The van der Waals surface area contributed by atoms with Crippen LogP contribution in [0.5, 0.6) is 0 Å². The Labute approximate surface area is 142 Å². The van der Waals surface area contributed by atoms with Crippen molar-refractivity contribution in [1.82, 2.24) is 20.2 Å². The SMILES string of the molecule is CCCn1nnnc1[C@H](Cc1ccccc1)[C@H](CC(C)C)C(=O)O. The molecule has 0 spiro atoms. The molecule has 0 saturated carbocycles. The fraction of sp³-hybridized carbons (Fsp3) is 0.556. The summed E-state index contributed by atoms with van der Waals surface area (Å²) in [5.74, 6) is -0.565. The van der Waals surface area contributed by atoms with Crippen molar-refractivity contribution >= 4 is 5.97 Å². The van der Waals surface area contributed by atoms with Gasteiger partial charge in [-0.15, -0.1) is 5.10 Å². The lowest BCUT2D eigenvalue weighted by molar-refractivity contribution is -0.143. The zero-order chi connectivity index (χ0) is 17.5. The van der Waals surface area contributed by atoms with Gasteiger partial charge in [0.2, 0.25) is 0 Å². The Bertz CT molecular complexity index is 639. The summed E-state index contributed by atoms with van der Waals surface area (Å²) >= 11 is 0. The second-order valence-electron chi connectivity index (χ2n) is 6.63. The molecule has 24 heavy (non-hydrogen) atoms. The van der Waals surface area contributed by atoms with Crippen LogP contribution in [0, 0.1) is 11.8 Å². The molecule has 2 aromatic rings. The molecule has 0 amide bonds. The molecule has 130 valence electrons. The van der Waals surface area contributed by atoms with E-state index in [1.54, 1.807) is 4.68 Å². The summed E-state index contributed by atoms with van der Waals surface area (Å²) in [5.41, 5.74) is 1.10. The Balaban J connectivity index is 2.39. The van der Waals surface area contributed by atoms with Crippen LogP contribution in [0.3, 0.4) is 0 Å². The molecule has 0 saturated heterocycles. The molecule has 6 heteroatoms. The van der Waals surface area contributed by atoms with Gasteiger partial charge in [-0.25, -0.2) is 4.68 Å². The highest BCUT2D eigenvalue weighted by Crippen LogP contribution is 2.32. The van der Waals surface area contributed by atoms with Crippen LogP contribution in [-0.2, 0) is 17.8 Å². The predicted octanol–water partition coefficient (Wildman–Crippen LogP) is 3.16. The number of aryl methyl sites for hydroxylation is 1. The lowest BCUT2D eigenvalue weighted by Crippen LogP contribution is -2.28. The van der Waals surface area contributed by atoms with E-state index in [0.717, 1.165) is 12.0 Å². The van der Waals surface area contributed by atoms with E-state index < -0.39 is 11.9 Å². The van der Waals surface area contributed by atoms with Gasteiger partial charge in [0.15, 0.2) is 5.82 Å². The van der Waals surface area contributed by atoms with Crippen molar-refractivity contribution < 1.29 is 9.90 Å². The molecular formula is C18H26N4O2. The van der Waals surface area contributed by atoms with Crippen molar-refractivity contribution in [1.29, 1.82) is 0 Å². The molecule has 1 N–H and O–H groups in total. The minimum absolute atomic E-state index is 0.242. The molecule has 1 aromatic heterocycles. The maximum absolute atomic E-state index is 12.0. The third-order valence-corrected chi connectivity index (χ3v) is 4.15. The van der Waals surface area contributed by atoms with E-state index in [-0.39, 0.29) is 5.92 Å². The number of rotatable bonds is 9. The number of hydrogen-bond acceptors (Lipinski definition) is 4. The summed E-state index contributed by atoms with van der Waals surface area (Å²) in [7, 11) is 0. The van der Waals surface area contributed by atoms with Gasteiger partial charge in [-0.3, -0.25) is 4.79 Å². The van der Waals surface area contributed by atoms with Gasteiger partial charge >= 0.3 is 5.97 Å². The van der Waals surface area contributed by atoms with E-state index in [4.69, 9.17) is 0 Å². The summed E-state index contributed by atoms with van der Waals surface area (Å²) < 4.78 is 1.75. The van der Waals surface area contributed by atoms with Crippen LogP contribution in [0.1, 0.15) is 50.9 Å². The summed E-state index contributed by atoms with van der Waals surface area (Å²) in [6.07, 6.45) is 2.12. The second-order valence-corrected chi connectivity index (χ2v) is 6.63. The summed E-state index contributed by atoms with van der Waals surface area (Å²) in [6, 6.07) is 9.95. The Kier molecular flexibility index (Phi) is 6.46. The maximum atomic E-state index is 12.0. The molecule has 0 unspecified atom stereocenters. The van der Waals surface area contributed by atoms with Crippen LogP contribution >= 0.6 is 0 Å². The van der Waals surface area contributed by atoms with E-state index in [1.165, 1.54) is 0 Å². The highest BCUT2D eigenvalue weighted by molar-refractivity contribution is 5.71. The molecule has 2 rings (SSSR count). The van der Waals surface area contributed by atoms with Crippen LogP contribution in [0.2, 0.25) is 0 Å². The Hall–Kier alpha value is -2.24. The lowest BCUT2D eigenvalue weighted by Gasteiger charge is -2.24. The molecule has 0 radical (unpaired) electrons. The largest absolute Gasteiger partial charge is 0.481 e. The average Bonchev–Trinajstić information content (AvgIpc) is 3.00. The number of carboxylic acid groups (broad SMARTS) is 1. The number of carboxylic acids is 1. The Morgan fingerprint density at radius 2 is 1.96 bits per heavy atom. The van der Waals surface area contributed by atoms with E-state index in [2.05, 4.69) is 22.4 Å². The highest BCUT2D eigenvalue weighted by Gasteiger charge is 2.34. The minimum Gasteiger partial charge on any atom is -0.481 e. The molecule has 0 fully saturated rings. The van der Waals surface area contributed by atoms with Crippen molar-refractivity contribution in [3.63, 3.8) is 0 Å². The fourth-order valence-electron chi connectivity index (χ4n) is 3.07. The van der Waals surface area contributed by atoms with Crippen molar-refractivity contribution in [3.8, 4) is 0 Å². The Morgan fingerprint density at radius 1 is 1.25 bits per heavy atom. The number of carbonyl (C=O) groups is 1. The molecule has 1 aromatic carbocycles. The van der Waals surface area contributed by atoms with Gasteiger partial charge in [-0.2, -0.15) is 0 Å². The molecule has 2 atom stereocenters. The van der Waals surface area contributed by atoms with Crippen molar-refractivity contribution in [2.24, 2.45) is 11.8 Å². The standard InChI is InChI=1S/C18H26N4O2/c1-4-10-22-17(19-20-21-22)15(12-14-8-6-5-7-9-14)16(18(23)24)11-13(2)3/h5-9,13,15-16H,4,10-12H2,1-3H3,(H,23,24)/t15-,16+/m1/s1. The summed E-state index contributed by atoms with van der Waals surface area (Å²) in [4.78, 5) is 12.0. The zero-order valence-corrected chi connectivity index (χ0v) is 14.6. The van der Waals surface area contributed by atoms with Crippen molar-refractivity contribution in [3.05, 3.63) is 41.7 Å². The number of hydrogen-bond donors (Lipinski definition) is 1. The van der Waals surface area contributed by atoms with Gasteiger partial charge in [-0.1, -0.05) is 51.1 Å². The van der Waals surface area contributed by atoms with Gasteiger partial charge in [0.05, 0.1) is 5.92 Å². The molecule has 0 aliphatic carbocycles. The first-order valence-electron chi connectivity index (χ1n) is 8.55. The quantitative estimate of drug-likeness (QED) is 0.764. The molecule has 0 aliphatic rings. The van der Waals surface area contributed by atoms with Gasteiger partial charge in [0, 0.05) is 12.5 Å².